The van der Waals surface area contributed by atoms with Gasteiger partial charge in [0.05, 0.1) is 23.4 Å². The molecule has 0 bridgehead atoms. The van der Waals surface area contributed by atoms with Crippen LogP contribution in [0.25, 0.3) is 4.91 Å². The molecule has 284 valence electrons. The van der Waals surface area contributed by atoms with Crippen molar-refractivity contribution in [3.05, 3.63) is 52.1 Å². The van der Waals surface area contributed by atoms with Gasteiger partial charge in [-0.25, -0.2) is 0 Å². The summed E-state index contributed by atoms with van der Waals surface area (Å²) < 4.78 is 6.21. The zero-order chi connectivity index (χ0) is 37.6. The van der Waals surface area contributed by atoms with E-state index >= 15 is 0 Å². The number of carbonyl (C=O) groups is 2. The maximum absolute atomic E-state index is 13.1. The Kier molecular flexibility index (Phi) is 9.58. The zero-order valence-electron chi connectivity index (χ0n) is 33.2. The number of hydrogen-bond acceptors (Lipinski definition) is 5. The lowest BCUT2D eigenvalue weighted by molar-refractivity contribution is -0.232. The van der Waals surface area contributed by atoms with Crippen molar-refractivity contribution in [2.45, 2.75) is 139 Å². The lowest BCUT2D eigenvalue weighted by Crippen LogP contribution is -2.66. The molecule has 52 heavy (non-hydrogen) atoms. The first kappa shape index (κ1) is 38.2. The fourth-order valence-corrected chi connectivity index (χ4v) is 14.6. The van der Waals surface area contributed by atoms with Crippen LogP contribution in [-0.2, 0) is 14.3 Å². The quantitative estimate of drug-likeness (QED) is 0.222. The largest absolute Gasteiger partial charge is 0.481 e. The average Bonchev–Trinajstić information content (AvgIpc) is 3.48. The van der Waals surface area contributed by atoms with Gasteiger partial charge < -0.3 is 9.84 Å². The first-order valence-corrected chi connectivity index (χ1v) is 21.3. The summed E-state index contributed by atoms with van der Waals surface area (Å²) in [6.07, 6.45) is 13.6. The van der Waals surface area contributed by atoms with E-state index < -0.39 is 11.4 Å². The van der Waals surface area contributed by atoms with Crippen molar-refractivity contribution < 1.29 is 19.4 Å². The Hall–Kier alpha value is -2.05. The van der Waals surface area contributed by atoms with Crippen molar-refractivity contribution in [1.29, 1.82) is 0 Å². The minimum Gasteiger partial charge on any atom is -0.481 e. The molecular formula is C45H62ClNO4S. The van der Waals surface area contributed by atoms with Crippen LogP contribution in [0.2, 0.25) is 5.02 Å². The molecule has 0 spiro atoms. The number of carbonyl (C=O) groups excluding carboxylic acids is 1. The second-order valence-electron chi connectivity index (χ2n) is 19.8. The Morgan fingerprint density at radius 1 is 0.942 bits per heavy atom. The number of rotatable bonds is 7. The van der Waals surface area contributed by atoms with Gasteiger partial charge in [0.2, 0.25) is 0 Å². The van der Waals surface area contributed by atoms with Crippen molar-refractivity contribution >= 4 is 45.3 Å². The highest BCUT2D eigenvalue weighted by molar-refractivity contribution is 8.21. The van der Waals surface area contributed by atoms with Gasteiger partial charge in [0.1, 0.15) is 6.10 Å². The summed E-state index contributed by atoms with van der Waals surface area (Å²) in [6, 6.07) is 8.32. The number of aliphatic imine (C=N–C) groups is 1. The lowest BCUT2D eigenvalue weighted by Gasteiger charge is -2.72. The summed E-state index contributed by atoms with van der Waals surface area (Å²) in [6.45, 7) is 21.4. The minimum absolute atomic E-state index is 0.0455. The van der Waals surface area contributed by atoms with Crippen LogP contribution in [0.1, 0.15) is 139 Å². The number of aliphatic carboxylic acids is 1. The predicted octanol–water partition coefficient (Wildman–Crippen LogP) is 12.0. The topological polar surface area (TPSA) is 76.0 Å². The van der Waals surface area contributed by atoms with Crippen molar-refractivity contribution in [3.8, 4) is 0 Å². The smallest absolute Gasteiger partial charge is 0.309 e. The van der Waals surface area contributed by atoms with Crippen LogP contribution in [-0.4, -0.2) is 34.7 Å². The van der Waals surface area contributed by atoms with E-state index in [1.807, 2.05) is 23.9 Å². The molecule has 7 rings (SSSR count). The molecule has 5 nitrogen and oxygen atoms in total. The highest BCUT2D eigenvalue weighted by Gasteiger charge is 2.70. The molecule has 1 aromatic rings. The van der Waals surface area contributed by atoms with E-state index in [9.17, 15) is 14.7 Å². The Labute approximate surface area is 322 Å². The maximum atomic E-state index is 13.1. The highest BCUT2D eigenvalue weighted by Crippen LogP contribution is 2.77. The Morgan fingerprint density at radius 3 is 2.33 bits per heavy atom. The van der Waals surface area contributed by atoms with Crippen LogP contribution in [0, 0.1) is 56.2 Å². The molecule has 5 aliphatic carbocycles. The van der Waals surface area contributed by atoms with Crippen molar-refractivity contribution in [1.82, 2.24) is 0 Å². The number of ether oxygens (including phenoxy) is 1. The van der Waals surface area contributed by atoms with Gasteiger partial charge >= 0.3 is 11.9 Å². The lowest BCUT2D eigenvalue weighted by atomic mass is 9.33. The zero-order valence-corrected chi connectivity index (χ0v) is 34.7. The molecule has 1 aliphatic heterocycles. The molecule has 4 fully saturated rings. The summed E-state index contributed by atoms with van der Waals surface area (Å²) in [5.41, 5.74) is 4.06. The number of carboxylic acids is 1. The molecule has 1 heterocycles. The molecular weight excluding hydrogens is 686 g/mol. The summed E-state index contributed by atoms with van der Waals surface area (Å²) in [5, 5.41) is 11.8. The molecule has 0 aromatic heterocycles. The third-order valence-electron chi connectivity index (χ3n) is 16.3. The van der Waals surface area contributed by atoms with Crippen LogP contribution in [0.4, 0.5) is 0 Å². The highest BCUT2D eigenvalue weighted by atomic mass is 35.5. The van der Waals surface area contributed by atoms with Crippen LogP contribution in [0.5, 0.6) is 0 Å². The third kappa shape index (κ3) is 5.72. The molecule has 0 amide bonds. The van der Waals surface area contributed by atoms with Crippen molar-refractivity contribution in [3.63, 3.8) is 0 Å². The SMILES string of the molecule is CC(C)C1=C2C3CCC4C5(C)CCC(OC(=O)CC(C)(C)C(=O)O)C(C)(C)C5CCC4(C)C3(C)CCC2(C2=NCC=C(c3ccc(Cl)cc3)S2)CC1. The third-order valence-corrected chi connectivity index (χ3v) is 17.9. The molecule has 7 heteroatoms. The monoisotopic (exact) mass is 747 g/mol. The van der Waals surface area contributed by atoms with E-state index in [4.69, 9.17) is 21.3 Å². The van der Waals surface area contributed by atoms with Gasteiger partial charge in [0.15, 0.2) is 0 Å². The van der Waals surface area contributed by atoms with Gasteiger partial charge in [0.25, 0.3) is 0 Å². The van der Waals surface area contributed by atoms with E-state index in [1.54, 1.807) is 25.0 Å². The number of benzene rings is 1. The molecule has 4 saturated carbocycles. The van der Waals surface area contributed by atoms with Crippen LogP contribution < -0.4 is 0 Å². The molecule has 6 aliphatic rings. The number of esters is 1. The summed E-state index contributed by atoms with van der Waals surface area (Å²) in [7, 11) is 0. The van der Waals surface area contributed by atoms with Crippen LogP contribution >= 0.6 is 23.4 Å². The molecule has 1 aromatic carbocycles. The number of fused-ring (bicyclic) bond motifs is 7. The van der Waals surface area contributed by atoms with Crippen LogP contribution in [0.15, 0.2) is 46.5 Å². The Balaban J connectivity index is 1.17. The molecule has 0 radical (unpaired) electrons. The van der Waals surface area contributed by atoms with E-state index in [2.05, 4.69) is 66.7 Å². The predicted molar refractivity (Wildman–Crippen MR) is 214 cm³/mol. The minimum atomic E-state index is -1.13. The van der Waals surface area contributed by atoms with E-state index in [1.165, 1.54) is 60.5 Å². The van der Waals surface area contributed by atoms with Gasteiger partial charge in [-0.1, -0.05) is 95.1 Å². The Morgan fingerprint density at radius 2 is 1.65 bits per heavy atom. The average molecular weight is 749 g/mol. The molecule has 8 unspecified atom stereocenters. The number of allylic oxidation sites excluding steroid dienone is 2. The first-order chi connectivity index (χ1) is 24.3. The first-order valence-electron chi connectivity index (χ1n) is 20.2. The number of halogens is 1. The van der Waals surface area contributed by atoms with Crippen molar-refractivity contribution in [2.75, 3.05) is 6.54 Å². The van der Waals surface area contributed by atoms with E-state index in [0.29, 0.717) is 23.7 Å². The summed E-state index contributed by atoms with van der Waals surface area (Å²) in [4.78, 5) is 31.6. The van der Waals surface area contributed by atoms with Gasteiger partial charge in [-0.2, -0.15) is 0 Å². The number of nitrogens with zero attached hydrogens (tertiary/aromatic N) is 1. The van der Waals surface area contributed by atoms with E-state index in [-0.39, 0.29) is 45.6 Å². The second kappa shape index (κ2) is 13.0. The second-order valence-corrected chi connectivity index (χ2v) is 21.3. The van der Waals surface area contributed by atoms with Crippen molar-refractivity contribution in [2.24, 2.45) is 61.2 Å². The van der Waals surface area contributed by atoms with Crippen LogP contribution in [0.3, 0.4) is 0 Å². The number of hydrogen-bond donors (Lipinski definition) is 1. The summed E-state index contributed by atoms with van der Waals surface area (Å²) >= 11 is 8.21. The fourth-order valence-electron chi connectivity index (χ4n) is 13.3. The van der Waals surface area contributed by atoms with Gasteiger partial charge in [0, 0.05) is 20.8 Å². The molecule has 0 saturated heterocycles. The number of carboxylic acid groups (broad SMARTS) is 1. The summed E-state index contributed by atoms with van der Waals surface area (Å²) in [5.74, 6) is 0.824. The maximum Gasteiger partial charge on any atom is 0.309 e. The standard InChI is InChI=1S/C45H62ClNO4S/c1-27(2)30-16-22-45(38-47-25-19-32(52-38)28-10-12-29(46)13-11-28)24-23-43(8)31(37(30)45)14-15-34-42(7)20-18-35(51-36(48)26-40(3,4)39(49)50)41(5,6)33(42)17-21-44(34,43)9/h10-13,19,27,31,33-35H,14-18,20-26H2,1-9H3,(H,49,50). The molecule has 1 N–H and O–H groups in total. The number of thioether (sulfide) groups is 1. The van der Waals surface area contributed by atoms with Gasteiger partial charge in [-0.05, 0) is 142 Å². The Bertz CT molecular complexity index is 1720. The van der Waals surface area contributed by atoms with Gasteiger partial charge in [-0.3, -0.25) is 14.6 Å². The van der Waals surface area contributed by atoms with Gasteiger partial charge in [-0.15, -0.1) is 0 Å². The normalized spacial score (nSPS) is 38.4. The molecule has 8 atom stereocenters. The fraction of sp³-hybridized carbons (Fsp3) is 0.711. The van der Waals surface area contributed by atoms with E-state index in [0.717, 1.165) is 30.8 Å².